The van der Waals surface area contributed by atoms with Gasteiger partial charge >= 0.3 is 0 Å². The van der Waals surface area contributed by atoms with Gasteiger partial charge in [0.15, 0.2) is 0 Å². The maximum Gasteiger partial charge on any atom is 0.261 e. The monoisotopic (exact) mass is 273 g/mol. The van der Waals surface area contributed by atoms with E-state index in [0.717, 1.165) is 11.1 Å². The largest absolute Gasteiger partial charge is 0.368 e. The van der Waals surface area contributed by atoms with Gasteiger partial charge in [-0.25, -0.2) is 4.98 Å². The van der Waals surface area contributed by atoms with E-state index in [1.807, 2.05) is 13.8 Å². The number of aryl methyl sites for hydroxylation is 2. The molecule has 3 heterocycles. The van der Waals surface area contributed by atoms with Gasteiger partial charge in [0.1, 0.15) is 5.65 Å². The molecule has 3 rings (SSSR count). The molecule has 104 valence electrons. The third-order valence-electron chi connectivity index (χ3n) is 3.25. The fourth-order valence-electron chi connectivity index (χ4n) is 2.29. The van der Waals surface area contributed by atoms with Gasteiger partial charge in [-0.05, 0) is 19.9 Å². The van der Waals surface area contributed by atoms with E-state index in [4.69, 9.17) is 5.73 Å². The van der Waals surface area contributed by atoms with Crippen LogP contribution in [0.15, 0.2) is 17.1 Å². The third kappa shape index (κ3) is 1.77. The van der Waals surface area contributed by atoms with Crippen LogP contribution in [0.5, 0.6) is 0 Å². The Morgan fingerprint density at radius 1 is 1.40 bits per heavy atom. The first-order valence-corrected chi connectivity index (χ1v) is 6.26. The number of aromatic nitrogens is 3. The number of hydrazine groups is 2. The van der Waals surface area contributed by atoms with E-state index < -0.39 is 0 Å². The van der Waals surface area contributed by atoms with Crippen molar-refractivity contribution in [1.29, 1.82) is 0 Å². The molecule has 2 aromatic heterocycles. The molecule has 0 radical (unpaired) electrons. The van der Waals surface area contributed by atoms with Crippen molar-refractivity contribution in [1.82, 2.24) is 30.9 Å². The number of fused-ring (bicyclic) bond motifs is 1. The van der Waals surface area contributed by atoms with Crippen molar-refractivity contribution in [2.24, 2.45) is 0 Å². The summed E-state index contributed by atoms with van der Waals surface area (Å²) in [5.74, 6) is 0.172. The third-order valence-corrected chi connectivity index (χ3v) is 3.25. The van der Waals surface area contributed by atoms with Crippen molar-refractivity contribution in [2.45, 2.75) is 20.4 Å². The Kier molecular flexibility index (Phi) is 2.79. The van der Waals surface area contributed by atoms with Crippen molar-refractivity contribution >= 4 is 22.7 Å². The number of hydrogen-bond donors (Lipinski definition) is 4. The molecular formula is C12H15N7O. The SMILES string of the molecule is CCn1c(=O)c(C2=CNNN2)cc2c(C)nc(N)nc21. The van der Waals surface area contributed by atoms with E-state index in [9.17, 15) is 4.79 Å². The quantitative estimate of drug-likeness (QED) is 0.590. The summed E-state index contributed by atoms with van der Waals surface area (Å²) in [5.41, 5.74) is 16.5. The van der Waals surface area contributed by atoms with E-state index >= 15 is 0 Å². The highest BCUT2D eigenvalue weighted by molar-refractivity contribution is 5.82. The number of nitrogens with one attached hydrogen (secondary N) is 3. The second-order valence-electron chi connectivity index (χ2n) is 4.46. The van der Waals surface area contributed by atoms with Crippen molar-refractivity contribution in [3.05, 3.63) is 33.9 Å². The summed E-state index contributed by atoms with van der Waals surface area (Å²) < 4.78 is 1.59. The smallest absolute Gasteiger partial charge is 0.261 e. The molecule has 20 heavy (non-hydrogen) atoms. The van der Waals surface area contributed by atoms with Crippen LogP contribution in [0.25, 0.3) is 16.7 Å². The molecule has 0 aliphatic carbocycles. The van der Waals surface area contributed by atoms with Gasteiger partial charge in [-0.15, -0.1) is 0 Å². The average molecular weight is 273 g/mol. The van der Waals surface area contributed by atoms with Gasteiger partial charge in [-0.1, -0.05) is 0 Å². The Labute approximate surface area is 114 Å². The summed E-state index contributed by atoms with van der Waals surface area (Å²) in [5, 5.41) is 0.810. The van der Waals surface area contributed by atoms with Gasteiger partial charge in [0.2, 0.25) is 5.95 Å². The summed E-state index contributed by atoms with van der Waals surface area (Å²) in [7, 11) is 0. The molecule has 8 nitrogen and oxygen atoms in total. The molecule has 0 saturated heterocycles. The zero-order valence-corrected chi connectivity index (χ0v) is 11.2. The fourth-order valence-corrected chi connectivity index (χ4v) is 2.29. The number of pyridine rings is 1. The van der Waals surface area contributed by atoms with E-state index in [1.165, 1.54) is 0 Å². The molecule has 1 aliphatic rings. The van der Waals surface area contributed by atoms with E-state index in [2.05, 4.69) is 26.4 Å². The van der Waals surface area contributed by atoms with Crippen molar-refractivity contribution in [2.75, 3.05) is 5.73 Å². The van der Waals surface area contributed by atoms with Gasteiger partial charge in [-0.3, -0.25) is 9.36 Å². The Morgan fingerprint density at radius 3 is 2.85 bits per heavy atom. The molecule has 0 bridgehead atoms. The Hall–Kier alpha value is -2.61. The molecule has 0 saturated carbocycles. The van der Waals surface area contributed by atoms with Gasteiger partial charge in [0, 0.05) is 18.1 Å². The highest BCUT2D eigenvalue weighted by Gasteiger charge is 2.16. The number of nitrogens with two attached hydrogens (primary N) is 1. The number of anilines is 1. The van der Waals surface area contributed by atoms with Crippen molar-refractivity contribution < 1.29 is 0 Å². The van der Waals surface area contributed by atoms with Crippen LogP contribution in [-0.4, -0.2) is 14.5 Å². The number of nitrogen functional groups attached to an aromatic ring is 1. The lowest BCUT2D eigenvalue weighted by molar-refractivity contribution is 0.619. The van der Waals surface area contributed by atoms with Crippen molar-refractivity contribution in [3.8, 4) is 0 Å². The van der Waals surface area contributed by atoms with Gasteiger partial charge in [-0.2, -0.15) is 10.5 Å². The first kappa shape index (κ1) is 12.4. The lowest BCUT2D eigenvalue weighted by atomic mass is 10.1. The minimum absolute atomic E-state index is 0.123. The van der Waals surface area contributed by atoms with Gasteiger partial charge in [0.05, 0.1) is 17.0 Å². The molecule has 0 atom stereocenters. The van der Waals surface area contributed by atoms with Crippen LogP contribution in [0.1, 0.15) is 18.2 Å². The number of rotatable bonds is 2. The maximum absolute atomic E-state index is 12.5. The topological polar surface area (TPSA) is 110 Å². The normalized spacial score (nSPS) is 14.0. The maximum atomic E-state index is 12.5. The first-order chi connectivity index (χ1) is 9.61. The lowest BCUT2D eigenvalue weighted by Crippen LogP contribution is -2.33. The fraction of sp³-hybridized carbons (Fsp3) is 0.250. The molecule has 0 spiro atoms. The molecule has 0 amide bonds. The summed E-state index contributed by atoms with van der Waals surface area (Å²) in [6, 6.07) is 1.78. The lowest BCUT2D eigenvalue weighted by Gasteiger charge is -2.12. The molecule has 2 aromatic rings. The zero-order chi connectivity index (χ0) is 14.3. The first-order valence-electron chi connectivity index (χ1n) is 6.26. The number of hydrogen-bond acceptors (Lipinski definition) is 7. The average Bonchev–Trinajstić information content (AvgIpc) is 2.92. The predicted octanol–water partition coefficient (Wildman–Crippen LogP) is -0.387. The molecular weight excluding hydrogens is 258 g/mol. The Bertz CT molecular complexity index is 777. The van der Waals surface area contributed by atoms with E-state index in [0.29, 0.717) is 23.5 Å². The van der Waals surface area contributed by atoms with Crippen LogP contribution in [0, 0.1) is 6.92 Å². The summed E-state index contributed by atoms with van der Waals surface area (Å²) in [6.07, 6.45) is 1.69. The van der Waals surface area contributed by atoms with E-state index in [1.54, 1.807) is 16.8 Å². The molecule has 0 aromatic carbocycles. The molecule has 1 aliphatic heterocycles. The van der Waals surface area contributed by atoms with Crippen molar-refractivity contribution in [3.63, 3.8) is 0 Å². The van der Waals surface area contributed by atoms with Crippen LogP contribution in [0.4, 0.5) is 5.95 Å². The van der Waals surface area contributed by atoms with Gasteiger partial charge in [0.25, 0.3) is 5.56 Å². The zero-order valence-electron chi connectivity index (χ0n) is 11.2. The minimum atomic E-state index is -0.123. The summed E-state index contributed by atoms with van der Waals surface area (Å²) in [6.45, 7) is 4.25. The van der Waals surface area contributed by atoms with Gasteiger partial charge < -0.3 is 16.6 Å². The summed E-state index contributed by atoms with van der Waals surface area (Å²) in [4.78, 5) is 20.9. The molecule has 0 fully saturated rings. The molecule has 0 unspecified atom stereocenters. The molecule has 5 N–H and O–H groups in total. The second kappa shape index (κ2) is 4.49. The Morgan fingerprint density at radius 2 is 2.20 bits per heavy atom. The minimum Gasteiger partial charge on any atom is -0.368 e. The van der Waals surface area contributed by atoms with Crippen LogP contribution >= 0.6 is 0 Å². The predicted molar refractivity (Wildman–Crippen MR) is 76.0 cm³/mol. The molecule has 8 heteroatoms. The van der Waals surface area contributed by atoms with Crippen LogP contribution in [-0.2, 0) is 6.54 Å². The Balaban J connectivity index is 2.39. The summed E-state index contributed by atoms with van der Waals surface area (Å²) >= 11 is 0. The van der Waals surface area contributed by atoms with Crippen LogP contribution < -0.4 is 27.7 Å². The van der Waals surface area contributed by atoms with E-state index in [-0.39, 0.29) is 11.5 Å². The standard InChI is InChI=1S/C12H15N7O/c1-3-19-10-7(6(2)15-12(13)16-10)4-8(11(19)20)9-5-14-18-17-9/h4-5,14,17-18H,3H2,1-2H3,(H2,13,15,16). The highest BCUT2D eigenvalue weighted by atomic mass is 16.1. The number of nitrogens with zero attached hydrogens (tertiary/aromatic N) is 3. The highest BCUT2D eigenvalue weighted by Crippen LogP contribution is 2.19. The van der Waals surface area contributed by atoms with Crippen LogP contribution in [0.3, 0.4) is 0 Å². The van der Waals surface area contributed by atoms with Crippen LogP contribution in [0.2, 0.25) is 0 Å². The second-order valence-corrected chi connectivity index (χ2v) is 4.46.